The molecule has 3 aromatic rings. The molecule has 0 spiro atoms. The zero-order chi connectivity index (χ0) is 21.1. The van der Waals surface area contributed by atoms with E-state index in [0.29, 0.717) is 38.3 Å². The SMILES string of the molecule is O=C(CN1CCN(C(=O)Cc2c[nH]c3ccccc23)CC1)Nc1ccc(F)c(Cl)c1. The number of H-pyrrole nitrogens is 1. The number of rotatable bonds is 5. The molecule has 0 unspecified atom stereocenters. The minimum atomic E-state index is -0.525. The summed E-state index contributed by atoms with van der Waals surface area (Å²) in [6, 6.07) is 12.0. The molecule has 1 saturated heterocycles. The lowest BCUT2D eigenvalue weighted by Crippen LogP contribution is -2.50. The summed E-state index contributed by atoms with van der Waals surface area (Å²) in [6.45, 7) is 2.61. The molecule has 1 aromatic heterocycles. The van der Waals surface area contributed by atoms with E-state index in [2.05, 4.69) is 10.3 Å². The Labute approximate surface area is 178 Å². The molecule has 2 amide bonds. The summed E-state index contributed by atoms with van der Waals surface area (Å²) in [5, 5.41) is 3.76. The highest BCUT2D eigenvalue weighted by Gasteiger charge is 2.23. The van der Waals surface area contributed by atoms with Gasteiger partial charge in [-0.15, -0.1) is 0 Å². The van der Waals surface area contributed by atoms with Crippen LogP contribution >= 0.6 is 11.6 Å². The van der Waals surface area contributed by atoms with Crippen molar-refractivity contribution in [1.82, 2.24) is 14.8 Å². The smallest absolute Gasteiger partial charge is 0.238 e. The van der Waals surface area contributed by atoms with Crippen molar-refractivity contribution < 1.29 is 14.0 Å². The number of fused-ring (bicyclic) bond motifs is 1. The second-order valence-electron chi connectivity index (χ2n) is 7.37. The minimum absolute atomic E-state index is 0.0323. The molecule has 0 saturated carbocycles. The van der Waals surface area contributed by atoms with Gasteiger partial charge in [0.15, 0.2) is 0 Å². The van der Waals surface area contributed by atoms with Crippen molar-refractivity contribution in [2.24, 2.45) is 0 Å². The Morgan fingerprint density at radius 2 is 1.87 bits per heavy atom. The highest BCUT2D eigenvalue weighted by molar-refractivity contribution is 6.31. The fourth-order valence-corrected chi connectivity index (χ4v) is 3.87. The molecule has 1 aliphatic rings. The first-order chi connectivity index (χ1) is 14.5. The van der Waals surface area contributed by atoms with Gasteiger partial charge < -0.3 is 15.2 Å². The van der Waals surface area contributed by atoms with Crippen LogP contribution in [0.5, 0.6) is 0 Å². The summed E-state index contributed by atoms with van der Waals surface area (Å²) >= 11 is 5.74. The fourth-order valence-electron chi connectivity index (χ4n) is 3.69. The van der Waals surface area contributed by atoms with Gasteiger partial charge in [0.1, 0.15) is 5.82 Å². The maximum Gasteiger partial charge on any atom is 0.238 e. The van der Waals surface area contributed by atoms with Gasteiger partial charge in [-0.2, -0.15) is 0 Å². The maximum absolute atomic E-state index is 13.2. The Balaban J connectivity index is 1.26. The van der Waals surface area contributed by atoms with Gasteiger partial charge >= 0.3 is 0 Å². The molecule has 0 radical (unpaired) electrons. The normalized spacial score (nSPS) is 14.8. The Hall–Kier alpha value is -2.90. The summed E-state index contributed by atoms with van der Waals surface area (Å²) in [6.07, 6.45) is 2.25. The largest absolute Gasteiger partial charge is 0.361 e. The number of hydrogen-bond acceptors (Lipinski definition) is 3. The quantitative estimate of drug-likeness (QED) is 0.655. The molecular formula is C22H22ClFN4O2. The standard InChI is InChI=1S/C22H22ClFN4O2/c23-18-12-16(5-6-19(18)24)26-21(29)14-27-7-9-28(10-8-27)22(30)11-15-13-25-20-4-2-1-3-17(15)20/h1-6,12-13,25H,7-11,14H2,(H,26,29). The van der Waals surface area contributed by atoms with Gasteiger partial charge in [-0.3, -0.25) is 14.5 Å². The second kappa shape index (κ2) is 8.85. The minimum Gasteiger partial charge on any atom is -0.361 e. The summed E-state index contributed by atoms with van der Waals surface area (Å²) in [4.78, 5) is 32.0. The molecule has 2 heterocycles. The van der Waals surface area contributed by atoms with Crippen molar-refractivity contribution in [3.63, 3.8) is 0 Å². The lowest BCUT2D eigenvalue weighted by Gasteiger charge is -2.34. The third-order valence-electron chi connectivity index (χ3n) is 5.31. The van der Waals surface area contributed by atoms with Crippen LogP contribution < -0.4 is 5.32 Å². The van der Waals surface area contributed by atoms with Gasteiger partial charge in [0.25, 0.3) is 0 Å². The summed E-state index contributed by atoms with van der Waals surface area (Å²) < 4.78 is 13.2. The first-order valence-corrected chi connectivity index (χ1v) is 10.2. The van der Waals surface area contributed by atoms with Gasteiger partial charge in [-0.05, 0) is 29.8 Å². The molecule has 1 aliphatic heterocycles. The molecule has 0 aliphatic carbocycles. The third kappa shape index (κ3) is 4.63. The predicted molar refractivity (Wildman–Crippen MR) is 115 cm³/mol. The van der Waals surface area contributed by atoms with E-state index in [4.69, 9.17) is 11.6 Å². The van der Waals surface area contributed by atoms with Gasteiger partial charge in [0.2, 0.25) is 11.8 Å². The van der Waals surface area contributed by atoms with E-state index in [-0.39, 0.29) is 23.4 Å². The van der Waals surface area contributed by atoms with Gasteiger partial charge in [-0.1, -0.05) is 29.8 Å². The van der Waals surface area contributed by atoms with Crippen molar-refractivity contribution in [2.75, 3.05) is 38.0 Å². The second-order valence-corrected chi connectivity index (χ2v) is 7.78. The van der Waals surface area contributed by atoms with Crippen LogP contribution in [0.4, 0.5) is 10.1 Å². The van der Waals surface area contributed by atoms with Crippen molar-refractivity contribution in [1.29, 1.82) is 0 Å². The molecule has 2 N–H and O–H groups in total. The van der Waals surface area contributed by atoms with Crippen LogP contribution in [0.2, 0.25) is 5.02 Å². The number of aromatic nitrogens is 1. The lowest BCUT2D eigenvalue weighted by atomic mass is 10.1. The number of para-hydroxylation sites is 1. The van der Waals surface area contributed by atoms with Gasteiger partial charge in [0.05, 0.1) is 18.0 Å². The molecule has 0 bridgehead atoms. The zero-order valence-electron chi connectivity index (χ0n) is 16.3. The Bertz CT molecular complexity index is 1080. The van der Waals surface area contributed by atoms with Crippen LogP contribution in [-0.4, -0.2) is 59.3 Å². The molecule has 8 heteroatoms. The number of carbonyl (C=O) groups excluding carboxylic acids is 2. The number of aromatic amines is 1. The molecular weight excluding hydrogens is 407 g/mol. The molecule has 30 heavy (non-hydrogen) atoms. The van der Waals surface area contributed by atoms with Crippen molar-refractivity contribution in [3.8, 4) is 0 Å². The molecule has 156 valence electrons. The van der Waals surface area contributed by atoms with E-state index in [9.17, 15) is 14.0 Å². The highest BCUT2D eigenvalue weighted by atomic mass is 35.5. The van der Waals surface area contributed by atoms with E-state index in [1.165, 1.54) is 18.2 Å². The molecule has 4 rings (SSSR count). The van der Waals surface area contributed by atoms with Crippen LogP contribution in [0.3, 0.4) is 0 Å². The van der Waals surface area contributed by atoms with Crippen molar-refractivity contribution in [3.05, 3.63) is 65.1 Å². The van der Waals surface area contributed by atoms with E-state index < -0.39 is 5.82 Å². The Kier molecular flexibility index (Phi) is 6.01. The summed E-state index contributed by atoms with van der Waals surface area (Å²) in [5.41, 5.74) is 2.48. The molecule has 0 atom stereocenters. The number of nitrogens with one attached hydrogen (secondary N) is 2. The predicted octanol–water partition coefficient (Wildman–Crippen LogP) is 3.29. The first-order valence-electron chi connectivity index (χ1n) is 9.79. The van der Waals surface area contributed by atoms with Crippen molar-refractivity contribution >= 4 is 40.0 Å². The number of anilines is 1. The molecule has 2 aromatic carbocycles. The number of amides is 2. The van der Waals surface area contributed by atoms with E-state index in [0.717, 1.165) is 16.5 Å². The highest BCUT2D eigenvalue weighted by Crippen LogP contribution is 2.20. The Morgan fingerprint density at radius 3 is 2.63 bits per heavy atom. The fraction of sp³-hybridized carbons (Fsp3) is 0.273. The number of benzene rings is 2. The number of halogens is 2. The van der Waals surface area contributed by atoms with Crippen LogP contribution in [-0.2, 0) is 16.0 Å². The van der Waals surface area contributed by atoms with Crippen LogP contribution in [0.25, 0.3) is 10.9 Å². The molecule has 1 fully saturated rings. The summed E-state index contributed by atoms with van der Waals surface area (Å²) in [5.74, 6) is -0.635. The number of carbonyl (C=O) groups is 2. The van der Waals surface area contributed by atoms with E-state index in [1.807, 2.05) is 40.3 Å². The van der Waals surface area contributed by atoms with Crippen LogP contribution in [0, 0.1) is 5.82 Å². The monoisotopic (exact) mass is 428 g/mol. The lowest BCUT2D eigenvalue weighted by molar-refractivity contribution is -0.132. The zero-order valence-corrected chi connectivity index (χ0v) is 17.1. The average Bonchev–Trinajstić information content (AvgIpc) is 3.14. The van der Waals surface area contributed by atoms with Crippen LogP contribution in [0.1, 0.15) is 5.56 Å². The van der Waals surface area contributed by atoms with Crippen molar-refractivity contribution in [2.45, 2.75) is 6.42 Å². The number of hydrogen-bond donors (Lipinski definition) is 2. The van der Waals surface area contributed by atoms with E-state index >= 15 is 0 Å². The maximum atomic E-state index is 13.2. The van der Waals surface area contributed by atoms with Gasteiger partial charge in [-0.25, -0.2) is 4.39 Å². The topological polar surface area (TPSA) is 68.4 Å². The average molecular weight is 429 g/mol. The first kappa shape index (κ1) is 20.4. The summed E-state index contributed by atoms with van der Waals surface area (Å²) in [7, 11) is 0. The molecule has 6 nitrogen and oxygen atoms in total. The van der Waals surface area contributed by atoms with Crippen LogP contribution in [0.15, 0.2) is 48.7 Å². The van der Waals surface area contributed by atoms with E-state index in [1.54, 1.807) is 0 Å². The Morgan fingerprint density at radius 1 is 1.10 bits per heavy atom. The van der Waals surface area contributed by atoms with Gasteiger partial charge in [0, 0.05) is 49.0 Å². The third-order valence-corrected chi connectivity index (χ3v) is 5.60. The number of nitrogens with zero attached hydrogens (tertiary/aromatic N) is 2. The number of piperazine rings is 1.